The van der Waals surface area contributed by atoms with E-state index in [9.17, 15) is 5.11 Å². The fourth-order valence-electron chi connectivity index (χ4n) is 2.36. The average Bonchev–Trinajstić information content (AvgIpc) is 3.07. The van der Waals surface area contributed by atoms with Crippen LogP contribution >= 0.6 is 0 Å². The van der Waals surface area contributed by atoms with Crippen molar-refractivity contribution in [3.05, 3.63) is 55.1 Å². The van der Waals surface area contributed by atoms with Gasteiger partial charge in [0.15, 0.2) is 0 Å². The third kappa shape index (κ3) is 1.43. The highest BCUT2D eigenvalue weighted by Crippen LogP contribution is 2.34. The van der Waals surface area contributed by atoms with Crippen molar-refractivity contribution >= 4 is 16.5 Å². The molecule has 0 saturated heterocycles. The molecule has 0 aliphatic rings. The molecule has 1 N–H and O–H groups in total. The van der Waals surface area contributed by atoms with Gasteiger partial charge in [-0.05, 0) is 42.0 Å². The van der Waals surface area contributed by atoms with E-state index in [4.69, 9.17) is 4.42 Å². The second-order valence-corrected chi connectivity index (χ2v) is 4.41. The van der Waals surface area contributed by atoms with Gasteiger partial charge in [0, 0.05) is 18.0 Å². The van der Waals surface area contributed by atoms with Crippen molar-refractivity contribution in [3.63, 3.8) is 0 Å². The van der Waals surface area contributed by atoms with Gasteiger partial charge in [0.05, 0.1) is 17.2 Å². The molecule has 4 nitrogen and oxygen atoms in total. The zero-order valence-corrected chi connectivity index (χ0v) is 9.95. The summed E-state index contributed by atoms with van der Waals surface area (Å²) in [6.45, 7) is 0. The van der Waals surface area contributed by atoms with Crippen LogP contribution in [-0.2, 0) is 0 Å². The standard InChI is InChI=1S/C15H10N2O2/c18-14-2-1-12(15-13(14)5-8-19-15)10-4-7-17-11(9-10)3-6-16-17/h1-9,18H. The third-order valence-electron chi connectivity index (χ3n) is 3.30. The Morgan fingerprint density at radius 2 is 2.05 bits per heavy atom. The normalized spacial score (nSPS) is 11.4. The SMILES string of the molecule is Oc1ccc(-c2ccn3nccc3c2)c2occc12. The minimum Gasteiger partial charge on any atom is -0.507 e. The van der Waals surface area contributed by atoms with Gasteiger partial charge in [-0.15, -0.1) is 0 Å². The number of hydrogen-bond acceptors (Lipinski definition) is 3. The van der Waals surface area contributed by atoms with Gasteiger partial charge < -0.3 is 9.52 Å². The van der Waals surface area contributed by atoms with Crippen molar-refractivity contribution in [2.24, 2.45) is 0 Å². The molecule has 92 valence electrons. The molecule has 0 aliphatic carbocycles. The Bertz CT molecular complexity index is 889. The summed E-state index contributed by atoms with van der Waals surface area (Å²) in [5.41, 5.74) is 3.71. The number of rotatable bonds is 1. The van der Waals surface area contributed by atoms with Crippen LogP contribution in [0.1, 0.15) is 0 Å². The zero-order valence-electron chi connectivity index (χ0n) is 9.95. The Morgan fingerprint density at radius 3 is 3.00 bits per heavy atom. The molecule has 0 saturated carbocycles. The van der Waals surface area contributed by atoms with Gasteiger partial charge in [-0.2, -0.15) is 5.10 Å². The Hall–Kier alpha value is -2.75. The fraction of sp³-hybridized carbons (Fsp3) is 0. The zero-order chi connectivity index (χ0) is 12.8. The summed E-state index contributed by atoms with van der Waals surface area (Å²) in [4.78, 5) is 0. The number of benzene rings is 1. The number of hydrogen-bond donors (Lipinski definition) is 1. The molecule has 3 heterocycles. The van der Waals surface area contributed by atoms with Crippen molar-refractivity contribution in [3.8, 4) is 16.9 Å². The summed E-state index contributed by atoms with van der Waals surface area (Å²) >= 11 is 0. The number of phenolic OH excluding ortho intramolecular Hbond substituents is 1. The van der Waals surface area contributed by atoms with Crippen LogP contribution < -0.4 is 0 Å². The van der Waals surface area contributed by atoms with Crippen LogP contribution in [0.5, 0.6) is 5.75 Å². The molecule has 0 unspecified atom stereocenters. The molecule has 19 heavy (non-hydrogen) atoms. The van der Waals surface area contributed by atoms with E-state index in [2.05, 4.69) is 5.10 Å². The molecule has 4 aromatic rings. The molecule has 0 aliphatic heterocycles. The highest BCUT2D eigenvalue weighted by Gasteiger charge is 2.10. The summed E-state index contributed by atoms with van der Waals surface area (Å²) in [5, 5.41) is 14.7. The second-order valence-electron chi connectivity index (χ2n) is 4.41. The lowest BCUT2D eigenvalue weighted by Gasteiger charge is -2.04. The molecule has 0 atom stereocenters. The van der Waals surface area contributed by atoms with Crippen LogP contribution in [0, 0.1) is 0 Å². The number of phenols is 1. The first-order valence-electron chi connectivity index (χ1n) is 5.96. The maximum atomic E-state index is 9.80. The van der Waals surface area contributed by atoms with Gasteiger partial charge in [0.25, 0.3) is 0 Å². The molecule has 0 radical (unpaired) electrons. The fourth-order valence-corrected chi connectivity index (χ4v) is 2.36. The summed E-state index contributed by atoms with van der Waals surface area (Å²) in [6, 6.07) is 11.3. The molecule has 0 amide bonds. The summed E-state index contributed by atoms with van der Waals surface area (Å²) in [5.74, 6) is 0.234. The first kappa shape index (κ1) is 10.2. The van der Waals surface area contributed by atoms with Gasteiger partial charge >= 0.3 is 0 Å². The van der Waals surface area contributed by atoms with Crippen LogP contribution in [0.3, 0.4) is 0 Å². The lowest BCUT2D eigenvalue weighted by molar-refractivity contribution is 0.481. The van der Waals surface area contributed by atoms with Crippen LogP contribution in [0.4, 0.5) is 0 Å². The number of aromatic nitrogens is 2. The van der Waals surface area contributed by atoms with Gasteiger partial charge in [-0.3, -0.25) is 0 Å². The van der Waals surface area contributed by atoms with Crippen molar-refractivity contribution in [2.75, 3.05) is 0 Å². The van der Waals surface area contributed by atoms with E-state index in [1.165, 1.54) is 0 Å². The predicted molar refractivity (Wildman–Crippen MR) is 72.1 cm³/mol. The van der Waals surface area contributed by atoms with Gasteiger partial charge in [0.1, 0.15) is 11.3 Å². The lowest BCUT2D eigenvalue weighted by Crippen LogP contribution is -1.87. The summed E-state index contributed by atoms with van der Waals surface area (Å²) in [6.07, 6.45) is 5.26. The predicted octanol–water partition coefficient (Wildman–Crippen LogP) is 3.45. The smallest absolute Gasteiger partial charge is 0.145 e. The average molecular weight is 250 g/mol. The molecule has 1 aromatic carbocycles. The Kier molecular flexibility index (Phi) is 1.94. The van der Waals surface area contributed by atoms with Gasteiger partial charge in [0.2, 0.25) is 0 Å². The Balaban J connectivity index is 2.03. The molecule has 3 aromatic heterocycles. The number of furan rings is 1. The lowest BCUT2D eigenvalue weighted by atomic mass is 10.0. The maximum absolute atomic E-state index is 9.80. The maximum Gasteiger partial charge on any atom is 0.145 e. The minimum atomic E-state index is 0.234. The van der Waals surface area contributed by atoms with E-state index < -0.39 is 0 Å². The molecular formula is C15H10N2O2. The van der Waals surface area contributed by atoms with E-state index in [0.29, 0.717) is 5.58 Å². The summed E-state index contributed by atoms with van der Waals surface area (Å²) < 4.78 is 7.30. The van der Waals surface area contributed by atoms with E-state index in [-0.39, 0.29) is 5.75 Å². The Morgan fingerprint density at radius 1 is 1.11 bits per heavy atom. The van der Waals surface area contributed by atoms with Gasteiger partial charge in [-0.1, -0.05) is 0 Å². The first-order chi connectivity index (χ1) is 9.33. The highest BCUT2D eigenvalue weighted by atomic mass is 16.3. The molecule has 0 fully saturated rings. The topological polar surface area (TPSA) is 50.7 Å². The first-order valence-corrected chi connectivity index (χ1v) is 5.96. The van der Waals surface area contributed by atoms with Gasteiger partial charge in [-0.25, -0.2) is 4.52 Å². The van der Waals surface area contributed by atoms with Crippen LogP contribution in [0.25, 0.3) is 27.6 Å². The van der Waals surface area contributed by atoms with Crippen LogP contribution in [0.15, 0.2) is 59.5 Å². The molecule has 4 rings (SSSR count). The molecule has 0 bridgehead atoms. The molecular weight excluding hydrogens is 240 g/mol. The van der Waals surface area contributed by atoms with Crippen molar-refractivity contribution in [1.29, 1.82) is 0 Å². The number of nitrogens with zero attached hydrogens (tertiary/aromatic N) is 2. The van der Waals surface area contributed by atoms with E-state index in [0.717, 1.165) is 22.0 Å². The summed E-state index contributed by atoms with van der Waals surface area (Å²) in [7, 11) is 0. The van der Waals surface area contributed by atoms with E-state index in [1.807, 2.05) is 35.0 Å². The molecule has 0 spiro atoms. The number of pyridine rings is 1. The van der Waals surface area contributed by atoms with Crippen molar-refractivity contribution in [2.45, 2.75) is 0 Å². The van der Waals surface area contributed by atoms with Crippen molar-refractivity contribution < 1.29 is 9.52 Å². The number of aromatic hydroxyl groups is 1. The molecule has 4 heteroatoms. The second kappa shape index (κ2) is 3.62. The van der Waals surface area contributed by atoms with Crippen LogP contribution in [-0.4, -0.2) is 14.7 Å². The minimum absolute atomic E-state index is 0.234. The van der Waals surface area contributed by atoms with Crippen LogP contribution in [0.2, 0.25) is 0 Å². The van der Waals surface area contributed by atoms with E-state index >= 15 is 0 Å². The van der Waals surface area contributed by atoms with Crippen molar-refractivity contribution in [1.82, 2.24) is 9.61 Å². The monoisotopic (exact) mass is 250 g/mol. The quantitative estimate of drug-likeness (QED) is 0.563. The largest absolute Gasteiger partial charge is 0.507 e. The third-order valence-corrected chi connectivity index (χ3v) is 3.30. The highest BCUT2D eigenvalue weighted by molar-refractivity contribution is 5.96. The number of fused-ring (bicyclic) bond motifs is 2. The van der Waals surface area contributed by atoms with E-state index in [1.54, 1.807) is 24.6 Å². The Labute approximate surface area is 108 Å².